The van der Waals surface area contributed by atoms with Gasteiger partial charge in [0, 0.05) is 6.42 Å². The Morgan fingerprint density at radius 3 is 1.31 bits per heavy atom. The van der Waals surface area contributed by atoms with Gasteiger partial charge in [0.1, 0.15) is 13.2 Å². The topological polar surface area (TPSA) is 105 Å². The third-order valence-corrected chi connectivity index (χ3v) is 12.9. The van der Waals surface area contributed by atoms with Gasteiger partial charge in [0.25, 0.3) is 0 Å². The molecule has 0 aliphatic rings. The molecule has 3 atom stereocenters. The number of allylic oxidation sites excluding steroid dienone is 14. The molecule has 9 heteroatoms. The molecule has 3 unspecified atom stereocenters. The van der Waals surface area contributed by atoms with E-state index in [0.717, 1.165) is 83.5 Å². The SMILES string of the molecule is CC/C=C\C/C=C\C/C=C\C/C=C\C/C=C\C/C=C\C/C=C\CCCCCCCCCCCCCCCCCCCC(=O)NC(COP(=O)(O)OCC[N+](C)(C)C)C(O)CCCCCCCC. The number of nitrogens with zero attached hydrogens (tertiary/aromatic N) is 1. The van der Waals surface area contributed by atoms with Crippen LogP contribution in [-0.2, 0) is 18.4 Å². The molecule has 0 heterocycles. The van der Waals surface area contributed by atoms with Gasteiger partial charge in [-0.2, -0.15) is 0 Å². The van der Waals surface area contributed by atoms with Gasteiger partial charge in [-0.25, -0.2) is 4.57 Å². The van der Waals surface area contributed by atoms with E-state index in [4.69, 9.17) is 9.05 Å². The molecule has 0 aromatic heterocycles. The predicted octanol–water partition coefficient (Wildman–Crippen LogP) is 16.5. The number of carbonyl (C=O) groups excluding carboxylic acids is 1. The molecule has 0 radical (unpaired) electrons. The van der Waals surface area contributed by atoms with E-state index in [2.05, 4.69) is 104 Å². The average molecular weight is 958 g/mol. The van der Waals surface area contributed by atoms with E-state index >= 15 is 0 Å². The lowest BCUT2D eigenvalue weighted by Gasteiger charge is -2.26. The van der Waals surface area contributed by atoms with Crippen molar-refractivity contribution in [3.63, 3.8) is 0 Å². The summed E-state index contributed by atoms with van der Waals surface area (Å²) in [5.41, 5.74) is 0. The number of likely N-dealkylation sites (N-methyl/N-ethyl adjacent to an activating group) is 1. The van der Waals surface area contributed by atoms with Crippen molar-refractivity contribution in [2.45, 2.75) is 238 Å². The average Bonchev–Trinajstić information content (AvgIpc) is 3.29. The van der Waals surface area contributed by atoms with E-state index in [1.807, 2.05) is 21.1 Å². The van der Waals surface area contributed by atoms with E-state index in [-0.39, 0.29) is 19.1 Å². The molecule has 0 spiro atoms. The van der Waals surface area contributed by atoms with Gasteiger partial charge in [-0.05, 0) is 70.6 Å². The number of hydrogen-bond donors (Lipinski definition) is 3. The Hall–Kier alpha value is -2.32. The monoisotopic (exact) mass is 958 g/mol. The van der Waals surface area contributed by atoms with Crippen molar-refractivity contribution >= 4 is 13.7 Å². The summed E-state index contributed by atoms with van der Waals surface area (Å²) in [5.74, 6) is -0.151. The maximum Gasteiger partial charge on any atom is 0.472 e. The number of aliphatic hydroxyl groups excluding tert-OH is 1. The normalized spacial score (nSPS) is 14.7. The number of carbonyl (C=O) groups is 1. The van der Waals surface area contributed by atoms with Gasteiger partial charge >= 0.3 is 7.82 Å². The fourth-order valence-corrected chi connectivity index (χ4v) is 8.35. The van der Waals surface area contributed by atoms with Crippen LogP contribution >= 0.6 is 7.82 Å². The fourth-order valence-electron chi connectivity index (χ4n) is 7.61. The number of amides is 1. The summed E-state index contributed by atoms with van der Waals surface area (Å²) in [6.45, 7) is 4.70. The largest absolute Gasteiger partial charge is 0.472 e. The molecule has 0 bridgehead atoms. The number of nitrogens with one attached hydrogen (secondary N) is 1. The molecule has 0 saturated heterocycles. The van der Waals surface area contributed by atoms with E-state index in [9.17, 15) is 19.4 Å². The zero-order valence-electron chi connectivity index (χ0n) is 44.1. The van der Waals surface area contributed by atoms with Crippen molar-refractivity contribution in [2.24, 2.45) is 0 Å². The number of phosphoric acid groups is 1. The van der Waals surface area contributed by atoms with Crippen LogP contribution in [0.25, 0.3) is 0 Å². The van der Waals surface area contributed by atoms with Crippen molar-refractivity contribution in [3.8, 4) is 0 Å². The summed E-state index contributed by atoms with van der Waals surface area (Å²) in [7, 11) is 1.61. The number of hydrogen-bond acceptors (Lipinski definition) is 5. The molecule has 8 nitrogen and oxygen atoms in total. The first kappa shape index (κ1) is 64.7. The van der Waals surface area contributed by atoms with Crippen LogP contribution in [0.15, 0.2) is 85.1 Å². The molecule has 0 aromatic rings. The quantitative estimate of drug-likeness (QED) is 0.0243. The van der Waals surface area contributed by atoms with Crippen LogP contribution in [-0.4, -0.2) is 73.4 Å². The highest BCUT2D eigenvalue weighted by Gasteiger charge is 2.28. The van der Waals surface area contributed by atoms with Gasteiger partial charge in [0.15, 0.2) is 0 Å². The number of phosphoric ester groups is 1. The molecule has 1 amide bonds. The van der Waals surface area contributed by atoms with Crippen molar-refractivity contribution < 1.29 is 32.9 Å². The smallest absolute Gasteiger partial charge is 0.391 e. The second-order valence-electron chi connectivity index (χ2n) is 19.6. The summed E-state index contributed by atoms with van der Waals surface area (Å²) in [5, 5.41) is 13.8. The van der Waals surface area contributed by atoms with E-state index < -0.39 is 20.0 Å². The van der Waals surface area contributed by atoms with Crippen LogP contribution in [0.4, 0.5) is 0 Å². The Kier molecular flexibility index (Phi) is 47.0. The third-order valence-electron chi connectivity index (χ3n) is 11.9. The molecule has 0 aliphatic carbocycles. The lowest BCUT2D eigenvalue weighted by atomic mass is 10.0. The highest BCUT2D eigenvalue weighted by Crippen LogP contribution is 2.43. The highest BCUT2D eigenvalue weighted by molar-refractivity contribution is 7.47. The van der Waals surface area contributed by atoms with Crippen molar-refractivity contribution in [2.75, 3.05) is 40.9 Å². The van der Waals surface area contributed by atoms with Crippen molar-refractivity contribution in [1.29, 1.82) is 0 Å². The molecular weight excluding hydrogens is 852 g/mol. The molecule has 3 N–H and O–H groups in total. The van der Waals surface area contributed by atoms with Crippen LogP contribution in [0.2, 0.25) is 0 Å². The van der Waals surface area contributed by atoms with Crippen LogP contribution in [0.1, 0.15) is 226 Å². The van der Waals surface area contributed by atoms with Crippen LogP contribution in [0.5, 0.6) is 0 Å². The molecule has 0 rings (SSSR count). The Bertz CT molecular complexity index is 1360. The van der Waals surface area contributed by atoms with Crippen molar-refractivity contribution in [1.82, 2.24) is 5.32 Å². The van der Waals surface area contributed by atoms with Crippen molar-refractivity contribution in [3.05, 3.63) is 85.1 Å². The minimum absolute atomic E-state index is 0.0724. The maximum atomic E-state index is 12.9. The Morgan fingerprint density at radius 2 is 0.896 bits per heavy atom. The summed E-state index contributed by atoms with van der Waals surface area (Å²) in [4.78, 5) is 23.1. The molecule has 0 aromatic carbocycles. The van der Waals surface area contributed by atoms with Crippen LogP contribution < -0.4 is 5.32 Å². The van der Waals surface area contributed by atoms with E-state index in [1.54, 1.807) is 0 Å². The number of quaternary nitrogens is 1. The molecule has 0 saturated carbocycles. The lowest BCUT2D eigenvalue weighted by molar-refractivity contribution is -0.870. The molecule has 0 aliphatic heterocycles. The Balaban J connectivity index is 3.82. The first-order valence-electron chi connectivity index (χ1n) is 27.5. The lowest BCUT2D eigenvalue weighted by Crippen LogP contribution is -2.46. The Morgan fingerprint density at radius 1 is 0.522 bits per heavy atom. The Labute approximate surface area is 414 Å². The van der Waals surface area contributed by atoms with Gasteiger partial charge in [-0.3, -0.25) is 13.8 Å². The van der Waals surface area contributed by atoms with Gasteiger partial charge in [-0.1, -0.05) is 234 Å². The zero-order valence-corrected chi connectivity index (χ0v) is 45.0. The number of rotatable bonds is 49. The summed E-state index contributed by atoms with van der Waals surface area (Å²) in [6.07, 6.45) is 68.3. The fraction of sp³-hybridized carbons (Fsp3) is 0.741. The zero-order chi connectivity index (χ0) is 49.2. The summed E-state index contributed by atoms with van der Waals surface area (Å²) < 4.78 is 23.5. The minimum Gasteiger partial charge on any atom is -0.391 e. The van der Waals surface area contributed by atoms with Gasteiger partial charge < -0.3 is 19.8 Å². The van der Waals surface area contributed by atoms with Gasteiger partial charge in [-0.15, -0.1) is 0 Å². The van der Waals surface area contributed by atoms with E-state index in [1.165, 1.54) is 116 Å². The summed E-state index contributed by atoms with van der Waals surface area (Å²) >= 11 is 0. The molecule has 388 valence electrons. The standard InChI is InChI=1S/C58H105N2O6P/c1-6-8-10-12-14-15-16-17-18-19-20-21-22-23-24-25-26-27-28-29-30-31-32-33-34-35-36-37-38-39-40-41-42-43-44-45-46-48-50-52-58(62)59-56(57(61)51-49-47-13-11-9-7-2)55-66-67(63,64)65-54-53-60(3,4)5/h8,10,14-15,17-18,20-21,23-24,26-27,29-30,56-57,61H,6-7,9,11-13,16,19,22,25,28,31-55H2,1-5H3,(H-,59,62,63,64)/p+1/b10-8-,15-14-,18-17-,21-20-,24-23-,27-26-,30-29-. The molecule has 0 fully saturated rings. The van der Waals surface area contributed by atoms with Crippen LogP contribution in [0, 0.1) is 0 Å². The van der Waals surface area contributed by atoms with Crippen LogP contribution in [0.3, 0.4) is 0 Å². The number of unbranched alkanes of at least 4 members (excludes halogenated alkanes) is 22. The first-order chi connectivity index (χ1) is 32.5. The molecular formula is C58H106N2O6P+. The highest BCUT2D eigenvalue weighted by atomic mass is 31.2. The second kappa shape index (κ2) is 48.7. The molecule has 67 heavy (non-hydrogen) atoms. The minimum atomic E-state index is -4.31. The predicted molar refractivity (Wildman–Crippen MR) is 290 cm³/mol. The second-order valence-corrected chi connectivity index (χ2v) is 21.0. The van der Waals surface area contributed by atoms with E-state index in [0.29, 0.717) is 23.9 Å². The number of aliphatic hydroxyl groups is 1. The summed E-state index contributed by atoms with van der Waals surface area (Å²) in [6, 6.07) is -0.759. The first-order valence-corrected chi connectivity index (χ1v) is 28.9. The van der Waals surface area contributed by atoms with Gasteiger partial charge in [0.05, 0.1) is 39.9 Å². The third kappa shape index (κ3) is 51.4. The maximum absolute atomic E-state index is 12.9. The van der Waals surface area contributed by atoms with Gasteiger partial charge in [0.2, 0.25) is 5.91 Å².